The number of cyclic esters (lactones) is 1. The van der Waals surface area contributed by atoms with Gasteiger partial charge in [-0.2, -0.15) is 0 Å². The van der Waals surface area contributed by atoms with Gasteiger partial charge in [0.15, 0.2) is 0 Å². The van der Waals surface area contributed by atoms with Gasteiger partial charge in [0.1, 0.15) is 24.5 Å². The standard InChI is InChI=1S/C24H24BrN5O4/c1-2-22(31)29-20-12-18-19(26-15-27-24(18)28-17-6-3-5-16(25)11-17)13-21(20)33-9-4-7-30-8-10-34-23(32)14-30/h2-3,5-6,11-13,15H,1,4,7-10,14H2,(H,29,31)(H,26,27,28). The molecule has 2 N–H and O–H groups in total. The van der Waals surface area contributed by atoms with E-state index in [0.717, 1.165) is 15.5 Å². The maximum atomic E-state index is 12.1. The molecule has 1 aliphatic rings. The number of amides is 1. The molecule has 34 heavy (non-hydrogen) atoms. The van der Waals surface area contributed by atoms with Crippen molar-refractivity contribution < 1.29 is 19.1 Å². The average molecular weight is 526 g/mol. The second-order valence-electron chi connectivity index (χ2n) is 7.62. The number of carbonyl (C=O) groups is 2. The van der Waals surface area contributed by atoms with Crippen LogP contribution in [0.15, 0.2) is 59.9 Å². The molecule has 0 unspecified atom stereocenters. The SMILES string of the molecule is C=CC(=O)Nc1cc2c(Nc3cccc(Br)c3)ncnc2cc1OCCCN1CCOC(=O)C1. The number of halogens is 1. The molecule has 0 bridgehead atoms. The maximum Gasteiger partial charge on any atom is 0.320 e. The van der Waals surface area contributed by atoms with Gasteiger partial charge in [-0.3, -0.25) is 14.5 Å². The Bertz CT molecular complexity index is 1220. The summed E-state index contributed by atoms with van der Waals surface area (Å²) in [5.74, 6) is 0.533. The van der Waals surface area contributed by atoms with Crippen LogP contribution in [0.3, 0.4) is 0 Å². The van der Waals surface area contributed by atoms with Crippen LogP contribution in [0.2, 0.25) is 0 Å². The van der Waals surface area contributed by atoms with Gasteiger partial charge in [0.25, 0.3) is 0 Å². The van der Waals surface area contributed by atoms with Gasteiger partial charge in [0.2, 0.25) is 5.91 Å². The van der Waals surface area contributed by atoms with Crippen molar-refractivity contribution in [3.63, 3.8) is 0 Å². The second-order valence-corrected chi connectivity index (χ2v) is 8.53. The third-order valence-corrected chi connectivity index (χ3v) is 5.66. The fraction of sp³-hybridized carbons (Fsp3) is 0.250. The summed E-state index contributed by atoms with van der Waals surface area (Å²) in [5.41, 5.74) is 2.01. The number of morpholine rings is 1. The zero-order valence-corrected chi connectivity index (χ0v) is 20.0. The van der Waals surface area contributed by atoms with Gasteiger partial charge in [0.05, 0.1) is 24.4 Å². The highest BCUT2D eigenvalue weighted by Gasteiger charge is 2.17. The van der Waals surface area contributed by atoms with E-state index in [1.54, 1.807) is 12.1 Å². The first-order valence-electron chi connectivity index (χ1n) is 10.8. The topological polar surface area (TPSA) is 106 Å². The molecule has 2 aromatic carbocycles. The van der Waals surface area contributed by atoms with Crippen LogP contribution in [0, 0.1) is 0 Å². The number of esters is 1. The summed E-state index contributed by atoms with van der Waals surface area (Å²) in [6.07, 6.45) is 3.38. The van der Waals surface area contributed by atoms with Crippen LogP contribution in [0.5, 0.6) is 5.75 Å². The molecule has 176 valence electrons. The predicted octanol–water partition coefficient (Wildman–Crippen LogP) is 3.89. The molecule has 0 spiro atoms. The van der Waals surface area contributed by atoms with Gasteiger partial charge in [-0.1, -0.05) is 28.6 Å². The maximum absolute atomic E-state index is 12.1. The van der Waals surface area contributed by atoms with Gasteiger partial charge in [-0.05, 0) is 36.8 Å². The molecule has 3 aromatic rings. The normalized spacial score (nSPS) is 13.9. The predicted molar refractivity (Wildman–Crippen MR) is 133 cm³/mol. The van der Waals surface area contributed by atoms with E-state index in [4.69, 9.17) is 9.47 Å². The lowest BCUT2D eigenvalue weighted by Crippen LogP contribution is -2.40. The first-order chi connectivity index (χ1) is 16.5. The van der Waals surface area contributed by atoms with Gasteiger partial charge < -0.3 is 20.1 Å². The van der Waals surface area contributed by atoms with E-state index in [1.165, 1.54) is 12.4 Å². The molecule has 0 aliphatic carbocycles. The van der Waals surface area contributed by atoms with Crippen molar-refractivity contribution >= 4 is 55.9 Å². The molecule has 0 atom stereocenters. The molecular formula is C24H24BrN5O4. The number of ether oxygens (including phenoxy) is 2. The number of carbonyl (C=O) groups excluding carboxylic acids is 2. The van der Waals surface area contributed by atoms with Crippen molar-refractivity contribution in [1.82, 2.24) is 14.9 Å². The zero-order chi connectivity index (χ0) is 23.9. The minimum Gasteiger partial charge on any atom is -0.491 e. The average Bonchev–Trinajstić information content (AvgIpc) is 2.82. The number of anilines is 3. The van der Waals surface area contributed by atoms with E-state index in [2.05, 4.69) is 43.1 Å². The van der Waals surface area contributed by atoms with Crippen LogP contribution >= 0.6 is 15.9 Å². The van der Waals surface area contributed by atoms with Crippen molar-refractivity contribution in [3.8, 4) is 5.75 Å². The summed E-state index contributed by atoms with van der Waals surface area (Å²) in [6.45, 7) is 6.06. The fourth-order valence-corrected chi connectivity index (χ4v) is 3.94. The zero-order valence-electron chi connectivity index (χ0n) is 18.4. The van der Waals surface area contributed by atoms with Crippen molar-refractivity contribution in [1.29, 1.82) is 0 Å². The summed E-state index contributed by atoms with van der Waals surface area (Å²) in [5, 5.41) is 6.82. The van der Waals surface area contributed by atoms with Crippen molar-refractivity contribution in [2.45, 2.75) is 6.42 Å². The second kappa shape index (κ2) is 11.1. The Morgan fingerprint density at radius 2 is 2.18 bits per heavy atom. The molecule has 0 saturated carbocycles. The number of nitrogens with zero attached hydrogens (tertiary/aromatic N) is 3. The first-order valence-corrected chi connectivity index (χ1v) is 11.6. The quantitative estimate of drug-likeness (QED) is 0.246. The Balaban J connectivity index is 1.54. The molecule has 9 nitrogen and oxygen atoms in total. The van der Waals surface area contributed by atoms with Crippen molar-refractivity contribution in [2.24, 2.45) is 0 Å². The van der Waals surface area contributed by atoms with Crippen LogP contribution in [0.1, 0.15) is 6.42 Å². The first kappa shape index (κ1) is 23.7. The Hall–Kier alpha value is -3.50. The Labute approximate surface area is 205 Å². The number of benzene rings is 2. The third-order valence-electron chi connectivity index (χ3n) is 5.17. The number of aromatic nitrogens is 2. The van der Waals surface area contributed by atoms with Gasteiger partial charge in [-0.25, -0.2) is 9.97 Å². The summed E-state index contributed by atoms with van der Waals surface area (Å²) in [7, 11) is 0. The number of fused-ring (bicyclic) bond motifs is 1. The van der Waals surface area contributed by atoms with Crippen LogP contribution in [-0.4, -0.2) is 59.6 Å². The highest BCUT2D eigenvalue weighted by Crippen LogP contribution is 2.33. The monoisotopic (exact) mass is 525 g/mol. The van der Waals surface area contributed by atoms with Crippen molar-refractivity contribution in [3.05, 3.63) is 59.9 Å². The molecule has 2 heterocycles. The highest BCUT2D eigenvalue weighted by molar-refractivity contribution is 9.10. The third kappa shape index (κ3) is 6.09. The number of hydrogen-bond donors (Lipinski definition) is 2. The lowest BCUT2D eigenvalue weighted by atomic mass is 10.1. The minimum absolute atomic E-state index is 0.205. The van der Waals surface area contributed by atoms with Crippen molar-refractivity contribution in [2.75, 3.05) is 43.5 Å². The molecule has 1 saturated heterocycles. The summed E-state index contributed by atoms with van der Waals surface area (Å²) in [6, 6.07) is 11.3. The van der Waals surface area contributed by atoms with E-state index in [-0.39, 0.29) is 11.9 Å². The van der Waals surface area contributed by atoms with Crippen LogP contribution < -0.4 is 15.4 Å². The molecule has 1 amide bonds. The Morgan fingerprint density at radius 3 is 2.97 bits per heavy atom. The van der Waals surface area contributed by atoms with Crippen LogP contribution in [0.4, 0.5) is 17.2 Å². The smallest absolute Gasteiger partial charge is 0.320 e. The molecular weight excluding hydrogens is 502 g/mol. The van der Waals surface area contributed by atoms with Gasteiger partial charge in [-0.15, -0.1) is 0 Å². The van der Waals surface area contributed by atoms with Crippen LogP contribution in [-0.2, 0) is 14.3 Å². The molecule has 10 heteroatoms. The van der Waals surface area contributed by atoms with Gasteiger partial charge in [0, 0.05) is 34.7 Å². The molecule has 4 rings (SSSR count). The van der Waals surface area contributed by atoms with E-state index >= 15 is 0 Å². The fourth-order valence-electron chi connectivity index (χ4n) is 3.54. The summed E-state index contributed by atoms with van der Waals surface area (Å²) in [4.78, 5) is 34.3. The molecule has 0 radical (unpaired) electrons. The molecule has 1 aromatic heterocycles. The number of rotatable bonds is 9. The van der Waals surface area contributed by atoms with E-state index < -0.39 is 0 Å². The molecule has 1 fully saturated rings. The highest BCUT2D eigenvalue weighted by atomic mass is 79.9. The molecule has 1 aliphatic heterocycles. The lowest BCUT2D eigenvalue weighted by Gasteiger charge is -2.25. The summed E-state index contributed by atoms with van der Waals surface area (Å²) >= 11 is 3.47. The Kier molecular flexibility index (Phi) is 7.71. The largest absolute Gasteiger partial charge is 0.491 e. The lowest BCUT2D eigenvalue weighted by molar-refractivity contribution is -0.150. The number of hydrogen-bond acceptors (Lipinski definition) is 8. The van der Waals surface area contributed by atoms with E-state index in [9.17, 15) is 9.59 Å². The van der Waals surface area contributed by atoms with E-state index in [1.807, 2.05) is 29.2 Å². The minimum atomic E-state index is -0.352. The van der Waals surface area contributed by atoms with Crippen LogP contribution in [0.25, 0.3) is 10.9 Å². The summed E-state index contributed by atoms with van der Waals surface area (Å²) < 4.78 is 11.9. The van der Waals surface area contributed by atoms with E-state index in [0.29, 0.717) is 62.0 Å². The Morgan fingerprint density at radius 1 is 1.29 bits per heavy atom. The van der Waals surface area contributed by atoms with Gasteiger partial charge >= 0.3 is 5.97 Å². The number of nitrogens with one attached hydrogen (secondary N) is 2.